The van der Waals surface area contributed by atoms with Crippen molar-refractivity contribution in [3.63, 3.8) is 0 Å². The van der Waals surface area contributed by atoms with Crippen molar-refractivity contribution >= 4 is 5.91 Å². The maximum atomic E-state index is 12.5. The van der Waals surface area contributed by atoms with Crippen LogP contribution in [0.2, 0.25) is 0 Å². The summed E-state index contributed by atoms with van der Waals surface area (Å²) in [5.41, 5.74) is 6.61. The fourth-order valence-corrected chi connectivity index (χ4v) is 3.40. The monoisotopic (exact) mass is 355 g/mol. The summed E-state index contributed by atoms with van der Waals surface area (Å²) in [4.78, 5) is 16.8. The lowest BCUT2D eigenvalue weighted by Gasteiger charge is -2.18. The smallest absolute Gasteiger partial charge is 0.224 e. The first-order chi connectivity index (χ1) is 12.7. The molecular weight excluding hydrogens is 330 g/mol. The number of nitrogens with zero attached hydrogens (tertiary/aromatic N) is 1. The van der Waals surface area contributed by atoms with Gasteiger partial charge in [0.2, 0.25) is 11.8 Å². The van der Waals surface area contributed by atoms with Gasteiger partial charge in [0.1, 0.15) is 11.5 Å². The molecule has 2 aromatic rings. The van der Waals surface area contributed by atoms with Gasteiger partial charge in [0, 0.05) is 30.3 Å². The summed E-state index contributed by atoms with van der Waals surface area (Å²) in [7, 11) is 1.61. The molecule has 0 saturated heterocycles. The van der Waals surface area contributed by atoms with Gasteiger partial charge >= 0.3 is 0 Å². The van der Waals surface area contributed by atoms with Gasteiger partial charge in [0.05, 0.1) is 7.11 Å². The first-order valence-electron chi connectivity index (χ1n) is 8.95. The van der Waals surface area contributed by atoms with Crippen molar-refractivity contribution < 1.29 is 14.3 Å². The summed E-state index contributed by atoms with van der Waals surface area (Å²) in [6.07, 6.45) is 4.68. The number of ether oxygens (including phenoxy) is 2. The maximum Gasteiger partial charge on any atom is 0.224 e. The Hall–Kier alpha value is -2.60. The fourth-order valence-electron chi connectivity index (χ4n) is 3.40. The molecule has 0 bridgehead atoms. The first kappa shape index (κ1) is 18.2. The molecule has 3 rings (SSSR count). The molecule has 1 amide bonds. The molecule has 0 spiro atoms. The molecule has 1 fully saturated rings. The summed E-state index contributed by atoms with van der Waals surface area (Å²) in [5.74, 6) is 2.18. The Kier molecular flexibility index (Phi) is 6.07. The Morgan fingerprint density at radius 3 is 2.92 bits per heavy atom. The van der Waals surface area contributed by atoms with Crippen LogP contribution >= 0.6 is 0 Å². The van der Waals surface area contributed by atoms with Gasteiger partial charge in [0.15, 0.2) is 0 Å². The van der Waals surface area contributed by atoms with Crippen molar-refractivity contribution in [2.24, 2.45) is 17.6 Å². The van der Waals surface area contributed by atoms with E-state index in [0.717, 1.165) is 24.8 Å². The van der Waals surface area contributed by atoms with E-state index in [1.165, 1.54) is 0 Å². The summed E-state index contributed by atoms with van der Waals surface area (Å²) < 4.78 is 11.1. The van der Waals surface area contributed by atoms with E-state index in [9.17, 15) is 4.79 Å². The highest BCUT2D eigenvalue weighted by Gasteiger charge is 2.31. The van der Waals surface area contributed by atoms with E-state index in [-0.39, 0.29) is 17.7 Å². The quantitative estimate of drug-likeness (QED) is 0.797. The van der Waals surface area contributed by atoms with E-state index in [2.05, 4.69) is 10.3 Å². The van der Waals surface area contributed by atoms with Gasteiger partial charge in [-0.05, 0) is 43.5 Å². The number of aromatic nitrogens is 1. The highest BCUT2D eigenvalue weighted by molar-refractivity contribution is 5.79. The average molecular weight is 355 g/mol. The molecule has 1 aromatic heterocycles. The third-order valence-corrected chi connectivity index (χ3v) is 4.86. The molecule has 2 atom stereocenters. The lowest BCUT2D eigenvalue weighted by molar-refractivity contribution is -0.126. The zero-order valence-electron chi connectivity index (χ0n) is 15.0. The first-order valence-corrected chi connectivity index (χ1v) is 8.95. The number of methoxy groups -OCH3 is 1. The number of carbonyl (C=O) groups is 1. The number of pyridine rings is 1. The van der Waals surface area contributed by atoms with E-state index in [4.69, 9.17) is 15.2 Å². The minimum atomic E-state index is 0.0134. The lowest BCUT2D eigenvalue weighted by atomic mass is 9.95. The molecule has 1 aliphatic rings. The Bertz CT molecular complexity index is 751. The second-order valence-electron chi connectivity index (χ2n) is 6.50. The van der Waals surface area contributed by atoms with Crippen LogP contribution in [0.5, 0.6) is 17.4 Å². The molecule has 6 heteroatoms. The van der Waals surface area contributed by atoms with Gasteiger partial charge in [-0.25, -0.2) is 4.98 Å². The SMILES string of the molecule is COc1cccc(Oc2ncccc2CNC(=O)[C@@H]2CCC[C@@H]2CN)c1. The molecule has 6 nitrogen and oxygen atoms in total. The topological polar surface area (TPSA) is 86.5 Å². The van der Waals surface area contributed by atoms with E-state index in [0.29, 0.717) is 30.5 Å². The molecule has 26 heavy (non-hydrogen) atoms. The normalized spacial score (nSPS) is 19.2. The molecule has 0 unspecified atom stereocenters. The van der Waals surface area contributed by atoms with E-state index in [1.54, 1.807) is 19.4 Å². The number of hydrogen-bond donors (Lipinski definition) is 2. The van der Waals surface area contributed by atoms with Crippen LogP contribution in [-0.4, -0.2) is 24.5 Å². The number of carbonyl (C=O) groups excluding carboxylic acids is 1. The second-order valence-corrected chi connectivity index (χ2v) is 6.50. The number of nitrogens with one attached hydrogen (secondary N) is 1. The van der Waals surface area contributed by atoms with Crippen molar-refractivity contribution in [2.75, 3.05) is 13.7 Å². The molecule has 0 aliphatic heterocycles. The Morgan fingerprint density at radius 1 is 1.27 bits per heavy atom. The van der Waals surface area contributed by atoms with Crippen LogP contribution in [0.1, 0.15) is 24.8 Å². The molecule has 1 saturated carbocycles. The Morgan fingerprint density at radius 2 is 2.12 bits per heavy atom. The molecule has 1 heterocycles. The molecule has 3 N–H and O–H groups in total. The number of hydrogen-bond acceptors (Lipinski definition) is 5. The van der Waals surface area contributed by atoms with Gasteiger partial charge in [-0.15, -0.1) is 0 Å². The van der Waals surface area contributed by atoms with Crippen LogP contribution in [0.25, 0.3) is 0 Å². The van der Waals surface area contributed by atoms with Gasteiger partial charge < -0.3 is 20.5 Å². The largest absolute Gasteiger partial charge is 0.497 e. The average Bonchev–Trinajstić information content (AvgIpc) is 3.16. The minimum absolute atomic E-state index is 0.0134. The van der Waals surface area contributed by atoms with Crippen molar-refractivity contribution in [2.45, 2.75) is 25.8 Å². The Balaban J connectivity index is 1.66. The standard InChI is InChI=1S/C20H25N3O3/c1-25-16-7-3-8-17(11-16)26-20-15(6-4-10-22-20)13-23-19(24)18-9-2-5-14(18)12-21/h3-4,6-8,10-11,14,18H,2,5,9,12-13,21H2,1H3,(H,23,24)/t14-,18-/m1/s1. The van der Waals surface area contributed by atoms with Crippen molar-refractivity contribution in [3.8, 4) is 17.4 Å². The summed E-state index contributed by atoms with van der Waals surface area (Å²) in [5, 5.41) is 3.01. The minimum Gasteiger partial charge on any atom is -0.497 e. The molecule has 138 valence electrons. The van der Waals surface area contributed by atoms with Gasteiger partial charge in [-0.1, -0.05) is 18.6 Å². The molecule has 0 radical (unpaired) electrons. The van der Waals surface area contributed by atoms with Gasteiger partial charge in [0.25, 0.3) is 0 Å². The Labute approximate surface area is 153 Å². The highest BCUT2D eigenvalue weighted by atomic mass is 16.5. The van der Waals surface area contributed by atoms with Crippen LogP contribution < -0.4 is 20.5 Å². The number of rotatable bonds is 7. The van der Waals surface area contributed by atoms with Crippen molar-refractivity contribution in [1.29, 1.82) is 0 Å². The summed E-state index contributed by atoms with van der Waals surface area (Å²) >= 11 is 0. The van der Waals surface area contributed by atoms with Crippen LogP contribution in [0.4, 0.5) is 0 Å². The van der Waals surface area contributed by atoms with Crippen molar-refractivity contribution in [1.82, 2.24) is 10.3 Å². The third kappa shape index (κ3) is 4.32. The lowest BCUT2D eigenvalue weighted by Crippen LogP contribution is -2.34. The predicted octanol–water partition coefficient (Wildman–Crippen LogP) is 2.87. The van der Waals surface area contributed by atoms with Crippen molar-refractivity contribution in [3.05, 3.63) is 48.2 Å². The zero-order valence-corrected chi connectivity index (χ0v) is 15.0. The van der Waals surface area contributed by atoms with E-state index in [1.807, 2.05) is 30.3 Å². The van der Waals surface area contributed by atoms with Crippen LogP contribution in [0, 0.1) is 11.8 Å². The van der Waals surface area contributed by atoms with Crippen LogP contribution in [0.15, 0.2) is 42.6 Å². The molecular formula is C20H25N3O3. The molecule has 1 aromatic carbocycles. The second kappa shape index (κ2) is 8.67. The van der Waals surface area contributed by atoms with Crippen LogP contribution in [-0.2, 0) is 11.3 Å². The predicted molar refractivity (Wildman–Crippen MR) is 99.0 cm³/mol. The fraction of sp³-hybridized carbons (Fsp3) is 0.400. The number of amides is 1. The molecule has 1 aliphatic carbocycles. The summed E-state index contributed by atoms with van der Waals surface area (Å²) in [6.45, 7) is 0.939. The highest BCUT2D eigenvalue weighted by Crippen LogP contribution is 2.31. The van der Waals surface area contributed by atoms with Gasteiger partial charge in [-0.3, -0.25) is 4.79 Å². The maximum absolute atomic E-state index is 12.5. The third-order valence-electron chi connectivity index (χ3n) is 4.86. The van der Waals surface area contributed by atoms with E-state index >= 15 is 0 Å². The number of nitrogens with two attached hydrogens (primary N) is 1. The summed E-state index contributed by atoms with van der Waals surface area (Å²) in [6, 6.07) is 11.1. The number of benzene rings is 1. The van der Waals surface area contributed by atoms with E-state index < -0.39 is 0 Å². The van der Waals surface area contributed by atoms with Crippen LogP contribution in [0.3, 0.4) is 0 Å². The zero-order chi connectivity index (χ0) is 18.4. The van der Waals surface area contributed by atoms with Gasteiger partial charge in [-0.2, -0.15) is 0 Å².